The Morgan fingerprint density at radius 2 is 1.47 bits per heavy atom. The van der Waals surface area contributed by atoms with Gasteiger partial charge in [0.15, 0.2) is 0 Å². The maximum absolute atomic E-state index is 14.5. The van der Waals surface area contributed by atoms with Crippen LogP contribution in [0.15, 0.2) is 114 Å². The van der Waals surface area contributed by atoms with Gasteiger partial charge in [-0.3, -0.25) is 13.9 Å². The predicted octanol–water partition coefficient (Wildman–Crippen LogP) is 6.10. The van der Waals surface area contributed by atoms with Gasteiger partial charge >= 0.3 is 0 Å². The van der Waals surface area contributed by atoms with Crippen molar-refractivity contribution >= 4 is 39.1 Å². The lowest BCUT2D eigenvalue weighted by atomic mass is 10.0. The summed E-state index contributed by atoms with van der Waals surface area (Å²) >= 11 is 6.28. The number of methoxy groups -OCH3 is 1. The van der Waals surface area contributed by atoms with Crippen molar-refractivity contribution in [3.05, 3.63) is 125 Å². The lowest BCUT2D eigenvalue weighted by Gasteiger charge is -2.35. The van der Waals surface area contributed by atoms with Crippen LogP contribution in [0.1, 0.15) is 31.9 Å². The maximum Gasteiger partial charge on any atom is 0.264 e. The monoisotopic (exact) mass is 647 g/mol. The Bertz CT molecular complexity index is 1710. The van der Waals surface area contributed by atoms with Gasteiger partial charge in [-0.2, -0.15) is 0 Å². The van der Waals surface area contributed by atoms with Gasteiger partial charge in [-0.25, -0.2) is 8.42 Å². The van der Waals surface area contributed by atoms with E-state index < -0.39 is 34.1 Å². The Morgan fingerprint density at radius 1 is 0.844 bits per heavy atom. The lowest BCUT2D eigenvalue weighted by Crippen LogP contribution is -2.56. The number of rotatable bonds is 12. The van der Waals surface area contributed by atoms with Crippen LogP contribution >= 0.6 is 11.6 Å². The van der Waals surface area contributed by atoms with Crippen molar-refractivity contribution in [3.63, 3.8) is 0 Å². The van der Waals surface area contributed by atoms with Gasteiger partial charge < -0.3 is 15.0 Å². The number of nitrogens with one attached hydrogen (secondary N) is 1. The molecule has 0 aliphatic carbocycles. The minimum atomic E-state index is -4.21. The fourth-order valence-electron chi connectivity index (χ4n) is 4.85. The van der Waals surface area contributed by atoms with Crippen LogP contribution in [0.25, 0.3) is 0 Å². The molecule has 0 aliphatic rings. The van der Waals surface area contributed by atoms with E-state index in [1.54, 1.807) is 61.7 Å². The highest BCUT2D eigenvalue weighted by Gasteiger charge is 2.35. The fraction of sp³-hybridized carbons (Fsp3) is 0.257. The summed E-state index contributed by atoms with van der Waals surface area (Å²) in [5.41, 5.74) is 1.20. The number of sulfonamides is 1. The molecule has 1 atom stereocenters. The summed E-state index contributed by atoms with van der Waals surface area (Å²) in [5.74, 6) is -0.337. The summed E-state index contributed by atoms with van der Waals surface area (Å²) in [4.78, 5) is 30.0. The summed E-state index contributed by atoms with van der Waals surface area (Å²) in [6.07, 6.45) is 0.209. The Balaban J connectivity index is 1.82. The van der Waals surface area contributed by atoms with Gasteiger partial charge in [-0.1, -0.05) is 78.3 Å². The van der Waals surface area contributed by atoms with Gasteiger partial charge in [0.2, 0.25) is 11.8 Å². The van der Waals surface area contributed by atoms with Crippen LogP contribution in [0.2, 0.25) is 5.02 Å². The van der Waals surface area contributed by atoms with E-state index in [1.807, 2.05) is 57.2 Å². The fourth-order valence-corrected chi connectivity index (χ4v) is 6.47. The number of hydrogen-bond donors (Lipinski definition) is 1. The van der Waals surface area contributed by atoms with Crippen LogP contribution in [0.3, 0.4) is 0 Å². The highest BCUT2D eigenvalue weighted by atomic mass is 35.5. The maximum atomic E-state index is 14.5. The molecule has 0 saturated carbocycles. The first-order chi connectivity index (χ1) is 21.4. The van der Waals surface area contributed by atoms with Crippen LogP contribution < -0.4 is 14.4 Å². The van der Waals surface area contributed by atoms with Crippen molar-refractivity contribution < 1.29 is 22.7 Å². The Morgan fingerprint density at radius 3 is 2.09 bits per heavy atom. The van der Waals surface area contributed by atoms with Gasteiger partial charge in [0.1, 0.15) is 18.3 Å². The molecule has 0 fully saturated rings. The first kappa shape index (κ1) is 33.6. The van der Waals surface area contributed by atoms with Crippen LogP contribution in [0, 0.1) is 0 Å². The second kappa shape index (κ2) is 14.6. The minimum absolute atomic E-state index is 0.0171. The summed E-state index contributed by atoms with van der Waals surface area (Å²) in [5, 5.41) is 3.34. The molecule has 1 N–H and O–H groups in total. The molecular formula is C35H38ClN3O5S. The zero-order valence-corrected chi connectivity index (χ0v) is 27.4. The lowest BCUT2D eigenvalue weighted by molar-refractivity contribution is -0.140. The molecule has 8 nitrogen and oxygen atoms in total. The highest BCUT2D eigenvalue weighted by molar-refractivity contribution is 7.92. The van der Waals surface area contributed by atoms with Crippen molar-refractivity contribution in [3.8, 4) is 5.75 Å². The molecule has 4 aromatic carbocycles. The van der Waals surface area contributed by atoms with E-state index in [0.29, 0.717) is 16.3 Å². The molecule has 0 radical (unpaired) electrons. The second-order valence-electron chi connectivity index (χ2n) is 11.6. The third kappa shape index (κ3) is 9.09. The van der Waals surface area contributed by atoms with Crippen LogP contribution in [-0.2, 0) is 32.6 Å². The van der Waals surface area contributed by atoms with Crippen LogP contribution in [-0.4, -0.2) is 50.4 Å². The van der Waals surface area contributed by atoms with E-state index in [2.05, 4.69) is 5.32 Å². The van der Waals surface area contributed by atoms with E-state index >= 15 is 0 Å². The van der Waals surface area contributed by atoms with E-state index in [1.165, 1.54) is 23.1 Å². The van der Waals surface area contributed by atoms with E-state index in [9.17, 15) is 18.0 Å². The van der Waals surface area contributed by atoms with Gasteiger partial charge in [0.25, 0.3) is 10.0 Å². The summed E-state index contributed by atoms with van der Waals surface area (Å²) in [7, 11) is -2.66. The van der Waals surface area contributed by atoms with E-state index in [4.69, 9.17) is 16.3 Å². The molecule has 4 aromatic rings. The number of hydrogen-bond acceptors (Lipinski definition) is 5. The molecule has 0 spiro atoms. The number of nitrogens with zero attached hydrogens (tertiary/aromatic N) is 2. The Kier molecular flexibility index (Phi) is 10.9. The molecule has 0 aliphatic heterocycles. The van der Waals surface area contributed by atoms with Gasteiger partial charge in [0.05, 0.1) is 17.7 Å². The molecule has 0 saturated heterocycles. The number of benzene rings is 4. The normalized spacial score (nSPS) is 12.2. The topological polar surface area (TPSA) is 96.0 Å². The van der Waals surface area contributed by atoms with Crippen molar-refractivity contribution in [1.82, 2.24) is 10.2 Å². The molecule has 1 unspecified atom stereocenters. The standard InChI is InChI=1S/C35H38ClN3O5S/c1-35(2,3)37-34(41)32(22-26-13-7-5-8-14-26)38(24-27-15-11-18-30(21-27)44-4)33(40)25-39(29-17-12-16-28(36)23-29)45(42,43)31-19-9-6-10-20-31/h5-21,23,32H,22,24-25H2,1-4H3,(H,37,41). The summed E-state index contributed by atoms with van der Waals surface area (Å²) < 4.78 is 34.5. The number of halogens is 1. The highest BCUT2D eigenvalue weighted by Crippen LogP contribution is 2.27. The Hall–Kier alpha value is -4.34. The summed E-state index contributed by atoms with van der Waals surface area (Å²) in [6.45, 7) is 5.06. The van der Waals surface area contributed by atoms with Crippen molar-refractivity contribution in [2.24, 2.45) is 0 Å². The smallest absolute Gasteiger partial charge is 0.264 e. The first-order valence-corrected chi connectivity index (χ1v) is 16.3. The molecule has 0 heterocycles. The number of carbonyl (C=O) groups is 2. The third-order valence-corrected chi connectivity index (χ3v) is 8.99. The molecular weight excluding hydrogens is 610 g/mol. The van der Waals surface area contributed by atoms with Gasteiger partial charge in [-0.05, 0) is 74.4 Å². The molecule has 2 amide bonds. The zero-order chi connectivity index (χ0) is 32.6. The van der Waals surface area contributed by atoms with E-state index in [-0.39, 0.29) is 29.5 Å². The van der Waals surface area contributed by atoms with Crippen molar-refractivity contribution in [2.75, 3.05) is 18.0 Å². The van der Waals surface area contributed by atoms with Crippen molar-refractivity contribution in [1.29, 1.82) is 0 Å². The first-order valence-electron chi connectivity index (χ1n) is 14.5. The van der Waals surface area contributed by atoms with E-state index in [0.717, 1.165) is 9.87 Å². The average Bonchev–Trinajstić information content (AvgIpc) is 3.01. The summed E-state index contributed by atoms with van der Waals surface area (Å²) in [6, 6.07) is 29.9. The van der Waals surface area contributed by atoms with Gasteiger partial charge in [-0.15, -0.1) is 0 Å². The molecule has 4 rings (SSSR count). The molecule has 0 aromatic heterocycles. The number of anilines is 1. The number of carbonyl (C=O) groups excluding carboxylic acids is 2. The van der Waals surface area contributed by atoms with Crippen molar-refractivity contribution in [2.45, 2.75) is 50.2 Å². The van der Waals surface area contributed by atoms with Gasteiger partial charge in [0, 0.05) is 23.5 Å². The Labute approximate surface area is 270 Å². The average molecular weight is 648 g/mol. The predicted molar refractivity (Wildman–Crippen MR) is 178 cm³/mol. The molecule has 45 heavy (non-hydrogen) atoms. The van der Waals surface area contributed by atoms with Crippen LogP contribution in [0.4, 0.5) is 5.69 Å². The van der Waals surface area contributed by atoms with Crippen LogP contribution in [0.5, 0.6) is 5.75 Å². The minimum Gasteiger partial charge on any atom is -0.497 e. The zero-order valence-electron chi connectivity index (χ0n) is 25.8. The number of amides is 2. The quantitative estimate of drug-likeness (QED) is 0.201. The molecule has 10 heteroatoms. The SMILES string of the molecule is COc1cccc(CN(C(=O)CN(c2cccc(Cl)c2)S(=O)(=O)c2ccccc2)C(Cc2ccccc2)C(=O)NC(C)(C)C)c1. The molecule has 0 bridgehead atoms. The number of ether oxygens (including phenoxy) is 1. The third-order valence-electron chi connectivity index (χ3n) is 6.96. The second-order valence-corrected chi connectivity index (χ2v) is 13.9. The molecule has 236 valence electrons. The largest absolute Gasteiger partial charge is 0.497 e.